The van der Waals surface area contributed by atoms with E-state index in [0.717, 1.165) is 11.6 Å². The molecule has 0 aliphatic carbocycles. The first-order chi connectivity index (χ1) is 13.8. The Morgan fingerprint density at radius 1 is 0.966 bits per heavy atom. The lowest BCUT2D eigenvalue weighted by Crippen LogP contribution is -2.24. The third kappa shape index (κ3) is 5.63. The molecule has 29 heavy (non-hydrogen) atoms. The van der Waals surface area contributed by atoms with Crippen LogP contribution in [0.2, 0.25) is 5.02 Å². The Labute approximate surface area is 173 Å². The third-order valence-corrected chi connectivity index (χ3v) is 5.91. The molecule has 0 radical (unpaired) electrons. The monoisotopic (exact) mass is 433 g/mol. The van der Waals surface area contributed by atoms with Crippen molar-refractivity contribution < 1.29 is 22.3 Å². The van der Waals surface area contributed by atoms with Gasteiger partial charge in [-0.05, 0) is 41.5 Å². The van der Waals surface area contributed by atoms with Gasteiger partial charge in [-0.3, -0.25) is 0 Å². The minimum Gasteiger partial charge on any atom is -0.457 e. The van der Waals surface area contributed by atoms with E-state index in [-0.39, 0.29) is 28.6 Å². The summed E-state index contributed by atoms with van der Waals surface area (Å²) in [4.78, 5) is 12.1. The SMILES string of the molecule is O=C(OCc1cccc(F)c1)c1ccc(Cl)c(S(=O)(=O)NCc2ccccc2)c1. The van der Waals surface area contributed by atoms with Gasteiger partial charge < -0.3 is 4.74 Å². The summed E-state index contributed by atoms with van der Waals surface area (Å²) in [6, 6.07) is 18.5. The van der Waals surface area contributed by atoms with E-state index in [1.165, 1.54) is 30.3 Å². The zero-order valence-corrected chi connectivity index (χ0v) is 16.7. The molecule has 0 heterocycles. The van der Waals surface area contributed by atoms with Crippen LogP contribution in [0, 0.1) is 5.82 Å². The van der Waals surface area contributed by atoms with Crippen LogP contribution in [-0.2, 0) is 27.9 Å². The average Bonchev–Trinajstić information content (AvgIpc) is 2.71. The first-order valence-corrected chi connectivity index (χ1v) is 10.5. The van der Waals surface area contributed by atoms with Crippen molar-refractivity contribution in [1.82, 2.24) is 4.72 Å². The molecule has 3 aromatic rings. The molecule has 0 saturated carbocycles. The van der Waals surface area contributed by atoms with Gasteiger partial charge in [0, 0.05) is 6.54 Å². The van der Waals surface area contributed by atoms with Gasteiger partial charge in [0.15, 0.2) is 0 Å². The van der Waals surface area contributed by atoms with Crippen molar-refractivity contribution in [2.24, 2.45) is 0 Å². The lowest BCUT2D eigenvalue weighted by atomic mass is 10.2. The minimum absolute atomic E-state index is 0.0193. The largest absolute Gasteiger partial charge is 0.457 e. The topological polar surface area (TPSA) is 72.5 Å². The van der Waals surface area contributed by atoms with Crippen LogP contribution in [0.15, 0.2) is 77.7 Å². The number of sulfonamides is 1. The molecule has 0 aliphatic heterocycles. The highest BCUT2D eigenvalue weighted by Gasteiger charge is 2.20. The molecule has 0 aliphatic rings. The number of hydrogen-bond acceptors (Lipinski definition) is 4. The van der Waals surface area contributed by atoms with Crippen LogP contribution in [0.4, 0.5) is 4.39 Å². The molecule has 1 N–H and O–H groups in total. The Bertz CT molecular complexity index is 1120. The molecule has 0 amide bonds. The number of benzene rings is 3. The quantitative estimate of drug-likeness (QED) is 0.563. The highest BCUT2D eigenvalue weighted by molar-refractivity contribution is 7.89. The van der Waals surface area contributed by atoms with Crippen LogP contribution in [0.25, 0.3) is 0 Å². The highest BCUT2D eigenvalue weighted by atomic mass is 35.5. The Morgan fingerprint density at radius 2 is 1.69 bits per heavy atom. The Hall–Kier alpha value is -2.74. The smallest absolute Gasteiger partial charge is 0.338 e. The lowest BCUT2D eigenvalue weighted by molar-refractivity contribution is 0.0472. The van der Waals surface area contributed by atoms with Gasteiger partial charge in [0.25, 0.3) is 0 Å². The van der Waals surface area contributed by atoms with Gasteiger partial charge in [0.05, 0.1) is 10.6 Å². The van der Waals surface area contributed by atoms with Crippen molar-refractivity contribution in [1.29, 1.82) is 0 Å². The zero-order chi connectivity index (χ0) is 20.9. The maximum Gasteiger partial charge on any atom is 0.338 e. The second-order valence-electron chi connectivity index (χ2n) is 6.16. The summed E-state index contributed by atoms with van der Waals surface area (Å²) < 4.78 is 46.1. The standard InChI is InChI=1S/C21H17ClFNO4S/c22-19-10-9-17(21(25)28-14-16-7-4-8-18(23)11-16)12-20(19)29(26,27)24-13-15-5-2-1-3-6-15/h1-12,24H,13-14H2. The molecular formula is C21H17ClFNO4S. The van der Waals surface area contributed by atoms with E-state index in [0.29, 0.717) is 5.56 Å². The average molecular weight is 434 g/mol. The minimum atomic E-state index is -3.96. The maximum atomic E-state index is 13.2. The normalized spacial score (nSPS) is 11.2. The Balaban J connectivity index is 1.73. The van der Waals surface area contributed by atoms with Gasteiger partial charge in [-0.1, -0.05) is 54.1 Å². The van der Waals surface area contributed by atoms with Gasteiger partial charge in [0.1, 0.15) is 17.3 Å². The van der Waals surface area contributed by atoms with Gasteiger partial charge in [0.2, 0.25) is 10.0 Å². The number of nitrogens with one attached hydrogen (secondary N) is 1. The van der Waals surface area contributed by atoms with Crippen LogP contribution >= 0.6 is 11.6 Å². The molecule has 3 aromatic carbocycles. The predicted octanol–water partition coefficient (Wildman–Crippen LogP) is 4.31. The van der Waals surface area contributed by atoms with Crippen LogP contribution in [-0.4, -0.2) is 14.4 Å². The molecule has 0 atom stereocenters. The van der Waals surface area contributed by atoms with E-state index < -0.39 is 21.8 Å². The molecule has 0 spiro atoms. The molecule has 8 heteroatoms. The molecule has 3 rings (SSSR count). The summed E-state index contributed by atoms with van der Waals surface area (Å²) >= 11 is 6.04. The molecule has 0 bridgehead atoms. The molecule has 0 aromatic heterocycles. The first kappa shape index (κ1) is 21.0. The van der Waals surface area contributed by atoms with Crippen LogP contribution in [0.5, 0.6) is 0 Å². The van der Waals surface area contributed by atoms with Gasteiger partial charge in [-0.15, -0.1) is 0 Å². The summed E-state index contributed by atoms with van der Waals surface area (Å²) in [5.74, 6) is -1.19. The van der Waals surface area contributed by atoms with E-state index in [4.69, 9.17) is 16.3 Å². The molecule has 0 saturated heterocycles. The van der Waals surface area contributed by atoms with E-state index in [2.05, 4.69) is 4.72 Å². The summed E-state index contributed by atoms with van der Waals surface area (Å²) in [5, 5.41) is -0.0211. The van der Waals surface area contributed by atoms with Crippen molar-refractivity contribution >= 4 is 27.6 Å². The molecular weight excluding hydrogens is 417 g/mol. The summed E-state index contributed by atoms with van der Waals surface area (Å²) in [6.07, 6.45) is 0. The van der Waals surface area contributed by atoms with Gasteiger partial charge in [-0.2, -0.15) is 0 Å². The van der Waals surface area contributed by atoms with Crippen LogP contribution < -0.4 is 4.72 Å². The number of carbonyl (C=O) groups excluding carboxylic acids is 1. The second kappa shape index (κ2) is 9.17. The molecule has 0 unspecified atom stereocenters. The van der Waals surface area contributed by atoms with Crippen LogP contribution in [0.1, 0.15) is 21.5 Å². The number of halogens is 2. The number of carbonyl (C=O) groups is 1. The van der Waals surface area contributed by atoms with Gasteiger partial charge in [-0.25, -0.2) is 22.3 Å². The number of rotatable bonds is 7. The van der Waals surface area contributed by atoms with E-state index in [9.17, 15) is 17.6 Å². The fourth-order valence-electron chi connectivity index (χ4n) is 2.55. The lowest BCUT2D eigenvalue weighted by Gasteiger charge is -2.11. The Morgan fingerprint density at radius 3 is 2.41 bits per heavy atom. The van der Waals surface area contributed by atoms with Crippen LogP contribution in [0.3, 0.4) is 0 Å². The highest BCUT2D eigenvalue weighted by Crippen LogP contribution is 2.23. The fourth-order valence-corrected chi connectivity index (χ4v) is 4.09. The molecule has 150 valence electrons. The number of hydrogen-bond donors (Lipinski definition) is 1. The maximum absolute atomic E-state index is 13.2. The summed E-state index contributed by atoms with van der Waals surface area (Å²) in [7, 11) is -3.96. The zero-order valence-electron chi connectivity index (χ0n) is 15.1. The fraction of sp³-hybridized carbons (Fsp3) is 0.0952. The summed E-state index contributed by atoms with van der Waals surface area (Å²) in [6.45, 7) is -0.0681. The van der Waals surface area contributed by atoms with Crippen molar-refractivity contribution in [3.63, 3.8) is 0 Å². The third-order valence-electron chi connectivity index (χ3n) is 4.02. The van der Waals surface area contributed by atoms with Crippen molar-refractivity contribution in [2.45, 2.75) is 18.0 Å². The van der Waals surface area contributed by atoms with E-state index in [1.807, 2.05) is 6.07 Å². The van der Waals surface area contributed by atoms with E-state index in [1.54, 1.807) is 30.3 Å². The summed E-state index contributed by atoms with van der Waals surface area (Å²) in [5.41, 5.74) is 1.27. The molecule has 5 nitrogen and oxygen atoms in total. The molecule has 0 fully saturated rings. The van der Waals surface area contributed by atoms with Crippen molar-refractivity contribution in [3.05, 3.63) is 100 Å². The van der Waals surface area contributed by atoms with Crippen molar-refractivity contribution in [3.8, 4) is 0 Å². The first-order valence-electron chi connectivity index (χ1n) is 8.60. The predicted molar refractivity (Wildman–Crippen MR) is 107 cm³/mol. The Kier molecular flexibility index (Phi) is 6.64. The van der Waals surface area contributed by atoms with Gasteiger partial charge >= 0.3 is 5.97 Å². The van der Waals surface area contributed by atoms with Crippen molar-refractivity contribution in [2.75, 3.05) is 0 Å². The van der Waals surface area contributed by atoms with E-state index >= 15 is 0 Å². The number of ether oxygens (including phenoxy) is 1. The second-order valence-corrected chi connectivity index (χ2v) is 8.30. The number of esters is 1.